The van der Waals surface area contributed by atoms with E-state index in [0.29, 0.717) is 13.2 Å². The Morgan fingerprint density at radius 1 is 0.714 bits per heavy atom. The molecular formula is C31H33NO2S. The van der Waals surface area contributed by atoms with E-state index >= 15 is 0 Å². The predicted octanol–water partition coefficient (Wildman–Crippen LogP) is 8.87. The van der Waals surface area contributed by atoms with E-state index in [-0.39, 0.29) is 0 Å². The number of aryl methyl sites for hydroxylation is 3. The van der Waals surface area contributed by atoms with E-state index in [1.54, 1.807) is 11.3 Å². The van der Waals surface area contributed by atoms with Crippen LogP contribution in [0.2, 0.25) is 0 Å². The lowest BCUT2D eigenvalue weighted by Gasteiger charge is -2.26. The molecule has 3 aromatic carbocycles. The lowest BCUT2D eigenvalue weighted by Crippen LogP contribution is -2.14. The van der Waals surface area contributed by atoms with Crippen molar-refractivity contribution in [1.29, 1.82) is 0 Å². The molecule has 2 heterocycles. The van der Waals surface area contributed by atoms with Crippen molar-refractivity contribution in [3.05, 3.63) is 88.8 Å². The maximum absolute atomic E-state index is 5.99. The smallest absolute Gasteiger partial charge is 0.180 e. The van der Waals surface area contributed by atoms with Crippen molar-refractivity contribution in [2.75, 3.05) is 18.1 Å². The monoisotopic (exact) mass is 483 g/mol. The van der Waals surface area contributed by atoms with Gasteiger partial charge in [0, 0.05) is 21.9 Å². The first-order chi connectivity index (χ1) is 17.2. The van der Waals surface area contributed by atoms with Gasteiger partial charge in [0.1, 0.15) is 13.2 Å². The lowest BCUT2D eigenvalue weighted by molar-refractivity contribution is 0.173. The van der Waals surface area contributed by atoms with Crippen LogP contribution in [0.25, 0.3) is 10.4 Å². The van der Waals surface area contributed by atoms with Crippen LogP contribution in [0.5, 0.6) is 11.5 Å². The van der Waals surface area contributed by atoms with Gasteiger partial charge in [0.2, 0.25) is 0 Å². The van der Waals surface area contributed by atoms with Crippen LogP contribution in [-0.2, 0) is 12.8 Å². The molecule has 1 aliphatic rings. The molecule has 0 unspecified atom stereocenters. The maximum Gasteiger partial charge on any atom is 0.180 e. The summed E-state index contributed by atoms with van der Waals surface area (Å²) in [6, 6.07) is 26.7. The molecule has 0 amide bonds. The highest BCUT2D eigenvalue weighted by atomic mass is 32.1. The molecule has 4 heteroatoms. The molecule has 0 saturated heterocycles. The van der Waals surface area contributed by atoms with Gasteiger partial charge in [-0.15, -0.1) is 11.3 Å². The predicted molar refractivity (Wildman–Crippen MR) is 148 cm³/mol. The fourth-order valence-corrected chi connectivity index (χ4v) is 5.82. The highest BCUT2D eigenvalue weighted by molar-refractivity contribution is 7.16. The topological polar surface area (TPSA) is 21.7 Å². The van der Waals surface area contributed by atoms with Gasteiger partial charge in [-0.3, -0.25) is 0 Å². The molecule has 0 saturated carbocycles. The van der Waals surface area contributed by atoms with Crippen LogP contribution in [0.1, 0.15) is 42.7 Å². The van der Waals surface area contributed by atoms with Crippen molar-refractivity contribution >= 4 is 28.4 Å². The summed E-state index contributed by atoms with van der Waals surface area (Å²) >= 11 is 1.74. The van der Waals surface area contributed by atoms with Crippen molar-refractivity contribution in [2.24, 2.45) is 0 Å². The minimum absolute atomic E-state index is 0.601. The molecule has 1 aliphatic heterocycles. The molecule has 0 bridgehead atoms. The molecule has 1 aromatic heterocycles. The SMILES string of the molecule is CCCc1cccc(N(c2ccc(-c3sc(C)c4c3OCCO4)cc2)c2cccc(CCC)c2)c1. The molecule has 0 aliphatic carbocycles. The van der Waals surface area contributed by atoms with E-state index in [1.807, 2.05) is 0 Å². The number of rotatable bonds is 8. The summed E-state index contributed by atoms with van der Waals surface area (Å²) in [5.41, 5.74) is 7.43. The number of thiophene rings is 1. The van der Waals surface area contributed by atoms with E-state index in [4.69, 9.17) is 9.47 Å². The molecule has 35 heavy (non-hydrogen) atoms. The Morgan fingerprint density at radius 2 is 1.29 bits per heavy atom. The second-order valence-corrected chi connectivity index (χ2v) is 10.3. The summed E-state index contributed by atoms with van der Waals surface area (Å²) in [6.07, 6.45) is 4.45. The lowest BCUT2D eigenvalue weighted by atomic mass is 10.1. The highest BCUT2D eigenvalue weighted by Crippen LogP contribution is 2.49. The molecule has 0 N–H and O–H groups in total. The normalized spacial score (nSPS) is 12.5. The van der Waals surface area contributed by atoms with E-state index < -0.39 is 0 Å². The second kappa shape index (κ2) is 10.6. The molecule has 0 atom stereocenters. The number of nitrogens with zero attached hydrogens (tertiary/aromatic N) is 1. The van der Waals surface area contributed by atoms with Gasteiger partial charge in [0.15, 0.2) is 11.5 Å². The quantitative estimate of drug-likeness (QED) is 0.250. The third-order valence-corrected chi connectivity index (χ3v) is 7.48. The number of ether oxygens (including phenoxy) is 2. The first-order valence-electron chi connectivity index (χ1n) is 12.7. The van der Waals surface area contributed by atoms with E-state index in [0.717, 1.165) is 53.3 Å². The zero-order valence-electron chi connectivity index (χ0n) is 20.8. The van der Waals surface area contributed by atoms with Crippen LogP contribution >= 0.6 is 11.3 Å². The van der Waals surface area contributed by atoms with Crippen molar-refractivity contribution in [3.63, 3.8) is 0 Å². The molecule has 180 valence electrons. The zero-order chi connectivity index (χ0) is 24.2. The molecule has 5 rings (SSSR count). The van der Waals surface area contributed by atoms with Gasteiger partial charge >= 0.3 is 0 Å². The van der Waals surface area contributed by atoms with Gasteiger partial charge in [-0.1, -0.05) is 63.1 Å². The summed E-state index contributed by atoms with van der Waals surface area (Å²) in [5.74, 6) is 1.80. The van der Waals surface area contributed by atoms with Gasteiger partial charge in [-0.25, -0.2) is 0 Å². The standard InChI is InChI=1S/C31H33NO2S/c1-4-8-23-10-6-12-27(20-23)32(28-13-7-11-24(21-28)9-5-2)26-16-14-25(15-17-26)31-30-29(22(3)35-31)33-18-19-34-30/h6-7,10-17,20-21H,4-5,8-9,18-19H2,1-3H3. The third-order valence-electron chi connectivity index (χ3n) is 6.37. The van der Waals surface area contributed by atoms with Gasteiger partial charge in [-0.2, -0.15) is 0 Å². The molecule has 3 nitrogen and oxygen atoms in total. The Kier molecular flexibility index (Phi) is 7.10. The zero-order valence-corrected chi connectivity index (χ0v) is 21.7. The molecular weight excluding hydrogens is 450 g/mol. The average molecular weight is 484 g/mol. The number of hydrogen-bond acceptors (Lipinski definition) is 4. The van der Waals surface area contributed by atoms with Crippen molar-refractivity contribution in [1.82, 2.24) is 0 Å². The Balaban J connectivity index is 1.56. The minimum Gasteiger partial charge on any atom is -0.485 e. The van der Waals surface area contributed by atoms with Crippen molar-refractivity contribution in [2.45, 2.75) is 46.5 Å². The summed E-state index contributed by atoms with van der Waals surface area (Å²) in [6.45, 7) is 7.79. The van der Waals surface area contributed by atoms with E-state index in [9.17, 15) is 0 Å². The van der Waals surface area contributed by atoms with Gasteiger partial charge < -0.3 is 14.4 Å². The van der Waals surface area contributed by atoms with E-state index in [1.165, 1.54) is 27.4 Å². The van der Waals surface area contributed by atoms with Gasteiger partial charge in [0.25, 0.3) is 0 Å². The molecule has 4 aromatic rings. The van der Waals surface area contributed by atoms with Gasteiger partial charge in [0.05, 0.1) is 4.88 Å². The summed E-state index contributed by atoms with van der Waals surface area (Å²) in [7, 11) is 0. The van der Waals surface area contributed by atoms with Crippen LogP contribution in [0.15, 0.2) is 72.8 Å². The summed E-state index contributed by atoms with van der Waals surface area (Å²) in [5, 5.41) is 0. The van der Waals surface area contributed by atoms with E-state index in [2.05, 4.69) is 98.5 Å². The van der Waals surface area contributed by atoms with Crippen LogP contribution < -0.4 is 14.4 Å². The minimum atomic E-state index is 0.601. The Bertz CT molecular complexity index is 1240. The van der Waals surface area contributed by atoms with Crippen molar-refractivity contribution in [3.8, 4) is 21.9 Å². The first kappa shape index (κ1) is 23.5. The number of hydrogen-bond donors (Lipinski definition) is 0. The first-order valence-corrected chi connectivity index (χ1v) is 13.5. The molecule has 0 spiro atoms. The number of anilines is 3. The Hall–Kier alpha value is -3.24. The van der Waals surface area contributed by atoms with Crippen molar-refractivity contribution < 1.29 is 9.47 Å². The molecule has 0 radical (unpaired) electrons. The molecule has 0 fully saturated rings. The Morgan fingerprint density at radius 3 is 1.86 bits per heavy atom. The van der Waals surface area contributed by atoms with Crippen LogP contribution in [0.4, 0.5) is 17.1 Å². The maximum atomic E-state index is 5.99. The summed E-state index contributed by atoms with van der Waals surface area (Å²) in [4.78, 5) is 4.68. The van der Waals surface area contributed by atoms with Gasteiger partial charge in [-0.05, 0) is 72.9 Å². The average Bonchev–Trinajstić information content (AvgIpc) is 3.22. The number of benzene rings is 3. The fourth-order valence-electron chi connectivity index (χ4n) is 4.77. The second-order valence-electron chi connectivity index (χ2n) is 9.06. The summed E-state index contributed by atoms with van der Waals surface area (Å²) < 4.78 is 11.9. The Labute approximate surface area is 213 Å². The number of fused-ring (bicyclic) bond motifs is 1. The third kappa shape index (κ3) is 4.94. The fraction of sp³-hybridized carbons (Fsp3) is 0.290. The van der Waals surface area contributed by atoms with Crippen LogP contribution in [-0.4, -0.2) is 13.2 Å². The highest BCUT2D eigenvalue weighted by Gasteiger charge is 2.23. The van der Waals surface area contributed by atoms with Crippen LogP contribution in [0.3, 0.4) is 0 Å². The largest absolute Gasteiger partial charge is 0.485 e. The van der Waals surface area contributed by atoms with Crippen LogP contribution in [0, 0.1) is 6.92 Å².